The SMILES string of the molecule is CCCNC(c1cccc(F)c1F)c1occc1Br. The summed E-state index contributed by atoms with van der Waals surface area (Å²) in [5.74, 6) is -1.17. The Labute approximate surface area is 118 Å². The maximum Gasteiger partial charge on any atom is 0.164 e. The smallest absolute Gasteiger partial charge is 0.164 e. The fourth-order valence-corrected chi connectivity index (χ4v) is 2.32. The molecule has 1 unspecified atom stereocenters. The summed E-state index contributed by atoms with van der Waals surface area (Å²) in [6.45, 7) is 2.68. The predicted molar refractivity (Wildman–Crippen MR) is 72.9 cm³/mol. The van der Waals surface area contributed by atoms with Crippen LogP contribution in [0.15, 0.2) is 39.4 Å². The van der Waals surface area contributed by atoms with Crippen molar-refractivity contribution in [1.29, 1.82) is 0 Å². The Balaban J connectivity index is 2.43. The second kappa shape index (κ2) is 6.30. The van der Waals surface area contributed by atoms with Crippen LogP contribution >= 0.6 is 15.9 Å². The van der Waals surface area contributed by atoms with Crippen molar-refractivity contribution in [2.24, 2.45) is 0 Å². The molecular weight excluding hydrogens is 316 g/mol. The molecule has 0 spiro atoms. The lowest BCUT2D eigenvalue weighted by Crippen LogP contribution is -2.24. The summed E-state index contributed by atoms with van der Waals surface area (Å²) in [6, 6.07) is 5.37. The molecule has 1 aromatic heterocycles. The monoisotopic (exact) mass is 329 g/mol. The summed E-state index contributed by atoms with van der Waals surface area (Å²) in [6.07, 6.45) is 2.39. The van der Waals surface area contributed by atoms with Crippen LogP contribution in [-0.2, 0) is 0 Å². The van der Waals surface area contributed by atoms with Gasteiger partial charge in [0, 0.05) is 5.56 Å². The molecule has 1 atom stereocenters. The van der Waals surface area contributed by atoms with Crippen molar-refractivity contribution in [3.63, 3.8) is 0 Å². The van der Waals surface area contributed by atoms with Crippen molar-refractivity contribution < 1.29 is 13.2 Å². The lowest BCUT2D eigenvalue weighted by Gasteiger charge is -2.18. The molecule has 1 heterocycles. The molecule has 2 rings (SSSR count). The normalized spacial score (nSPS) is 12.6. The van der Waals surface area contributed by atoms with Gasteiger partial charge >= 0.3 is 0 Å². The third-order valence-electron chi connectivity index (χ3n) is 2.80. The van der Waals surface area contributed by atoms with Crippen molar-refractivity contribution >= 4 is 15.9 Å². The number of hydrogen-bond donors (Lipinski definition) is 1. The fraction of sp³-hybridized carbons (Fsp3) is 0.286. The van der Waals surface area contributed by atoms with E-state index in [-0.39, 0.29) is 5.56 Å². The summed E-state index contributed by atoms with van der Waals surface area (Å²) < 4.78 is 33.4. The van der Waals surface area contributed by atoms with E-state index in [2.05, 4.69) is 21.2 Å². The van der Waals surface area contributed by atoms with E-state index in [1.54, 1.807) is 12.1 Å². The molecule has 2 nitrogen and oxygen atoms in total. The minimum Gasteiger partial charge on any atom is -0.466 e. The van der Waals surface area contributed by atoms with Crippen LogP contribution in [0.3, 0.4) is 0 Å². The predicted octanol–water partition coefficient (Wildman–Crippen LogP) is 4.41. The number of furan rings is 1. The fourth-order valence-electron chi connectivity index (χ4n) is 1.89. The van der Waals surface area contributed by atoms with Gasteiger partial charge < -0.3 is 9.73 Å². The maximum absolute atomic E-state index is 13.9. The van der Waals surface area contributed by atoms with Gasteiger partial charge in [0.05, 0.1) is 16.8 Å². The zero-order valence-electron chi connectivity index (χ0n) is 10.4. The molecule has 5 heteroatoms. The Morgan fingerprint density at radius 3 is 2.74 bits per heavy atom. The van der Waals surface area contributed by atoms with Crippen LogP contribution in [0.5, 0.6) is 0 Å². The largest absolute Gasteiger partial charge is 0.466 e. The summed E-state index contributed by atoms with van der Waals surface area (Å²) >= 11 is 3.35. The highest BCUT2D eigenvalue weighted by Gasteiger charge is 2.23. The highest BCUT2D eigenvalue weighted by Crippen LogP contribution is 2.31. The number of rotatable bonds is 5. The van der Waals surface area contributed by atoms with Crippen LogP contribution in [0.4, 0.5) is 8.78 Å². The first-order chi connectivity index (χ1) is 9.15. The Morgan fingerprint density at radius 1 is 1.32 bits per heavy atom. The van der Waals surface area contributed by atoms with Gasteiger partial charge in [-0.2, -0.15) is 0 Å². The van der Waals surface area contributed by atoms with E-state index in [4.69, 9.17) is 4.42 Å². The Kier molecular flexibility index (Phi) is 4.71. The highest BCUT2D eigenvalue weighted by atomic mass is 79.9. The van der Waals surface area contributed by atoms with Gasteiger partial charge in [0.2, 0.25) is 0 Å². The van der Waals surface area contributed by atoms with Crippen LogP contribution in [0.1, 0.15) is 30.7 Å². The number of hydrogen-bond acceptors (Lipinski definition) is 2. The second-order valence-electron chi connectivity index (χ2n) is 4.16. The Bertz CT molecular complexity index is 556. The molecular formula is C14H14BrF2NO. The van der Waals surface area contributed by atoms with Crippen molar-refractivity contribution in [2.75, 3.05) is 6.54 Å². The van der Waals surface area contributed by atoms with E-state index in [0.717, 1.165) is 17.0 Å². The molecule has 0 saturated carbocycles. The van der Waals surface area contributed by atoms with Crippen molar-refractivity contribution in [1.82, 2.24) is 5.32 Å². The Hall–Kier alpha value is -1.20. The average molecular weight is 330 g/mol. The lowest BCUT2D eigenvalue weighted by atomic mass is 10.0. The molecule has 0 radical (unpaired) electrons. The van der Waals surface area contributed by atoms with Crippen LogP contribution < -0.4 is 5.32 Å². The van der Waals surface area contributed by atoms with Gasteiger partial charge in [0.1, 0.15) is 5.76 Å². The van der Waals surface area contributed by atoms with E-state index in [1.165, 1.54) is 12.3 Å². The van der Waals surface area contributed by atoms with Crippen LogP contribution in [-0.4, -0.2) is 6.54 Å². The van der Waals surface area contributed by atoms with Crippen molar-refractivity contribution in [3.05, 3.63) is 58.0 Å². The summed E-state index contributed by atoms with van der Waals surface area (Å²) in [5.41, 5.74) is 0.240. The number of benzene rings is 1. The topological polar surface area (TPSA) is 25.2 Å². The minimum absolute atomic E-state index is 0.240. The van der Waals surface area contributed by atoms with Gasteiger partial charge in [-0.15, -0.1) is 0 Å². The molecule has 0 aliphatic heterocycles. The molecule has 0 amide bonds. The molecule has 1 aromatic carbocycles. The van der Waals surface area contributed by atoms with Crippen LogP contribution in [0.25, 0.3) is 0 Å². The zero-order chi connectivity index (χ0) is 13.8. The quantitative estimate of drug-likeness (QED) is 0.878. The zero-order valence-corrected chi connectivity index (χ0v) is 12.0. The third kappa shape index (κ3) is 3.04. The molecule has 0 fully saturated rings. The van der Waals surface area contributed by atoms with Crippen LogP contribution in [0, 0.1) is 11.6 Å². The first kappa shape index (κ1) is 14.2. The molecule has 0 saturated heterocycles. The van der Waals surface area contributed by atoms with Crippen molar-refractivity contribution in [2.45, 2.75) is 19.4 Å². The Morgan fingerprint density at radius 2 is 2.11 bits per heavy atom. The standard InChI is InChI=1S/C14H14BrF2NO/c1-2-7-18-13(14-10(15)6-8-19-14)9-4-3-5-11(16)12(9)17/h3-6,8,13,18H,2,7H2,1H3. The van der Waals surface area contributed by atoms with Gasteiger partial charge in [-0.3, -0.25) is 0 Å². The van der Waals surface area contributed by atoms with Crippen LogP contribution in [0.2, 0.25) is 0 Å². The molecule has 1 N–H and O–H groups in total. The first-order valence-electron chi connectivity index (χ1n) is 6.05. The van der Waals surface area contributed by atoms with E-state index in [0.29, 0.717) is 12.3 Å². The van der Waals surface area contributed by atoms with Gasteiger partial charge in [0.15, 0.2) is 11.6 Å². The van der Waals surface area contributed by atoms with Gasteiger partial charge in [-0.05, 0) is 41.0 Å². The van der Waals surface area contributed by atoms with E-state index >= 15 is 0 Å². The lowest BCUT2D eigenvalue weighted by molar-refractivity contribution is 0.423. The average Bonchev–Trinajstić information content (AvgIpc) is 2.81. The van der Waals surface area contributed by atoms with E-state index < -0.39 is 17.7 Å². The molecule has 0 aliphatic rings. The van der Waals surface area contributed by atoms with Crippen molar-refractivity contribution in [3.8, 4) is 0 Å². The molecule has 19 heavy (non-hydrogen) atoms. The summed E-state index contributed by atoms with van der Waals surface area (Å²) in [4.78, 5) is 0. The van der Waals surface area contributed by atoms with Gasteiger partial charge in [-0.25, -0.2) is 8.78 Å². The molecule has 0 aliphatic carbocycles. The first-order valence-corrected chi connectivity index (χ1v) is 6.84. The summed E-state index contributed by atoms with van der Waals surface area (Å²) in [7, 11) is 0. The van der Waals surface area contributed by atoms with Gasteiger partial charge in [0.25, 0.3) is 0 Å². The molecule has 2 aromatic rings. The number of halogens is 3. The molecule has 0 bridgehead atoms. The summed E-state index contributed by atoms with van der Waals surface area (Å²) in [5, 5.41) is 3.17. The minimum atomic E-state index is -0.858. The van der Waals surface area contributed by atoms with Gasteiger partial charge in [-0.1, -0.05) is 19.1 Å². The maximum atomic E-state index is 13.9. The second-order valence-corrected chi connectivity index (χ2v) is 5.02. The third-order valence-corrected chi connectivity index (χ3v) is 3.45. The molecule has 102 valence electrons. The van der Waals surface area contributed by atoms with E-state index in [9.17, 15) is 8.78 Å². The highest BCUT2D eigenvalue weighted by molar-refractivity contribution is 9.10. The van der Waals surface area contributed by atoms with E-state index in [1.807, 2.05) is 6.92 Å². The number of nitrogens with one attached hydrogen (secondary N) is 1.